The lowest BCUT2D eigenvalue weighted by Crippen LogP contribution is -2.48. The van der Waals surface area contributed by atoms with E-state index in [0.717, 1.165) is 11.3 Å². The van der Waals surface area contributed by atoms with Gasteiger partial charge in [-0.25, -0.2) is 8.91 Å². The van der Waals surface area contributed by atoms with Gasteiger partial charge < -0.3 is 16.0 Å². The zero-order valence-corrected chi connectivity index (χ0v) is 18.3. The summed E-state index contributed by atoms with van der Waals surface area (Å²) in [6.07, 6.45) is 4.09. The van der Waals surface area contributed by atoms with Crippen molar-refractivity contribution in [2.45, 2.75) is 18.6 Å². The first-order valence-electron chi connectivity index (χ1n) is 10.6. The second-order valence-corrected chi connectivity index (χ2v) is 8.09. The predicted octanol–water partition coefficient (Wildman–Crippen LogP) is 1.52. The topological polar surface area (TPSA) is 143 Å². The Morgan fingerprint density at radius 1 is 1.29 bits per heavy atom. The summed E-state index contributed by atoms with van der Waals surface area (Å²) >= 11 is 0. The van der Waals surface area contributed by atoms with Crippen molar-refractivity contribution < 1.29 is 9.18 Å². The first kappa shape index (κ1) is 21.3. The molecule has 0 unspecified atom stereocenters. The first-order chi connectivity index (χ1) is 16.4. The highest BCUT2D eigenvalue weighted by atomic mass is 19.1. The van der Waals surface area contributed by atoms with Crippen molar-refractivity contribution in [2.75, 3.05) is 23.3 Å². The quantitative estimate of drug-likeness (QED) is 0.456. The maximum absolute atomic E-state index is 15.3. The molecule has 1 aliphatic rings. The van der Waals surface area contributed by atoms with Gasteiger partial charge >= 0.3 is 0 Å². The average molecular weight is 460 g/mol. The van der Waals surface area contributed by atoms with E-state index in [2.05, 4.69) is 25.7 Å². The van der Waals surface area contributed by atoms with Gasteiger partial charge in [-0.2, -0.15) is 15.5 Å². The number of nitrogens with zero attached hydrogens (tertiary/aromatic N) is 8. The van der Waals surface area contributed by atoms with E-state index in [1.165, 1.54) is 6.20 Å². The van der Waals surface area contributed by atoms with Crippen LogP contribution in [0.5, 0.6) is 0 Å². The van der Waals surface area contributed by atoms with Gasteiger partial charge in [0.1, 0.15) is 12.2 Å². The molecule has 4 aromatic heterocycles. The molecule has 11 nitrogen and oxygen atoms in total. The van der Waals surface area contributed by atoms with E-state index in [-0.39, 0.29) is 17.8 Å². The van der Waals surface area contributed by atoms with Crippen molar-refractivity contribution in [1.29, 1.82) is 5.26 Å². The van der Waals surface area contributed by atoms with Gasteiger partial charge in [0.2, 0.25) is 0 Å². The van der Waals surface area contributed by atoms with Crippen molar-refractivity contribution in [3.8, 4) is 17.3 Å². The Morgan fingerprint density at radius 2 is 2.15 bits per heavy atom. The molecule has 172 valence electrons. The Kier molecular flexibility index (Phi) is 5.29. The molecule has 3 N–H and O–H groups in total. The van der Waals surface area contributed by atoms with Gasteiger partial charge in [-0.15, -0.1) is 10.2 Å². The number of anilines is 2. The van der Waals surface area contributed by atoms with Gasteiger partial charge in [0.15, 0.2) is 11.5 Å². The van der Waals surface area contributed by atoms with Crippen LogP contribution in [0, 0.1) is 11.3 Å². The highest BCUT2D eigenvalue weighted by Crippen LogP contribution is 2.30. The minimum Gasteiger partial charge on any atom is -0.377 e. The summed E-state index contributed by atoms with van der Waals surface area (Å²) in [5.74, 6) is -0.141. The lowest BCUT2D eigenvalue weighted by Gasteiger charge is -2.36. The van der Waals surface area contributed by atoms with Crippen molar-refractivity contribution >= 4 is 22.9 Å². The first-order valence-corrected chi connectivity index (χ1v) is 10.6. The van der Waals surface area contributed by atoms with Crippen LogP contribution in [0.1, 0.15) is 22.5 Å². The summed E-state index contributed by atoms with van der Waals surface area (Å²) in [6, 6.07) is 8.31. The molecule has 0 bridgehead atoms. The van der Waals surface area contributed by atoms with Crippen LogP contribution < -0.4 is 16.0 Å². The average Bonchev–Trinajstić information content (AvgIpc) is 3.46. The number of rotatable bonds is 5. The van der Waals surface area contributed by atoms with Gasteiger partial charge in [-0.1, -0.05) is 0 Å². The Hall–Kier alpha value is -4.53. The number of halogens is 1. The van der Waals surface area contributed by atoms with Crippen molar-refractivity contribution in [3.05, 3.63) is 54.1 Å². The zero-order valence-electron chi connectivity index (χ0n) is 18.3. The minimum absolute atomic E-state index is 0.0901. The molecule has 12 heteroatoms. The standard InChI is InChI=1S/C22H21FN10O/c1-31-18(4-6-26-31)13-8-19-21(15(22(25)34)10-27-33(19)11-13)28-17-5-7-32(12-16(17)23)20-3-2-14(9-24)29-30-20/h2-4,6,8,10-11,16-17,28H,5,7,12H2,1H3,(H2,25,34)/t16-,17+/m0/s1. The number of nitrogens with one attached hydrogen (secondary N) is 1. The van der Waals surface area contributed by atoms with Crippen LogP contribution in [-0.4, -0.2) is 60.8 Å². The smallest absolute Gasteiger partial charge is 0.252 e. The SMILES string of the molecule is Cn1nccc1-c1cc2c(N[C@@H]3CCN(c4ccc(C#N)nn4)C[C@@H]3F)c(C(N)=O)cnn2c1. The molecule has 1 amide bonds. The van der Waals surface area contributed by atoms with Crippen molar-refractivity contribution in [2.24, 2.45) is 12.8 Å². The van der Waals surface area contributed by atoms with Gasteiger partial charge in [-0.05, 0) is 30.7 Å². The fourth-order valence-corrected chi connectivity index (χ4v) is 4.21. The van der Waals surface area contributed by atoms with E-state index in [4.69, 9.17) is 11.0 Å². The van der Waals surface area contributed by atoms with Gasteiger partial charge in [0.05, 0.1) is 41.2 Å². The molecule has 34 heavy (non-hydrogen) atoms. The van der Waals surface area contributed by atoms with E-state index >= 15 is 4.39 Å². The fraction of sp³-hybridized carbons (Fsp3) is 0.273. The van der Waals surface area contributed by atoms with Crippen LogP contribution in [0.25, 0.3) is 16.8 Å². The number of primary amides is 1. The zero-order chi connectivity index (χ0) is 23.8. The molecule has 1 saturated heterocycles. The van der Waals surface area contributed by atoms with Crippen LogP contribution in [0.2, 0.25) is 0 Å². The van der Waals surface area contributed by atoms with Crippen LogP contribution in [0.3, 0.4) is 0 Å². The van der Waals surface area contributed by atoms with E-state index in [1.807, 2.05) is 31.4 Å². The Balaban J connectivity index is 1.43. The lowest BCUT2D eigenvalue weighted by molar-refractivity contribution is 0.100. The maximum atomic E-state index is 15.3. The van der Waals surface area contributed by atoms with E-state index in [0.29, 0.717) is 30.0 Å². The van der Waals surface area contributed by atoms with Crippen molar-refractivity contribution in [1.82, 2.24) is 29.6 Å². The van der Waals surface area contributed by atoms with Crippen LogP contribution >= 0.6 is 0 Å². The molecule has 0 aromatic carbocycles. The second kappa shape index (κ2) is 8.43. The molecule has 0 saturated carbocycles. The third-order valence-electron chi connectivity index (χ3n) is 5.98. The van der Waals surface area contributed by atoms with Crippen molar-refractivity contribution in [3.63, 3.8) is 0 Å². The fourth-order valence-electron chi connectivity index (χ4n) is 4.21. The maximum Gasteiger partial charge on any atom is 0.252 e. The number of carbonyl (C=O) groups is 1. The number of hydrogen-bond acceptors (Lipinski definition) is 8. The number of piperidine rings is 1. The summed E-state index contributed by atoms with van der Waals surface area (Å²) in [5.41, 5.74) is 8.78. The summed E-state index contributed by atoms with van der Waals surface area (Å²) in [5, 5.41) is 28.4. The number of alkyl halides is 1. The highest BCUT2D eigenvalue weighted by Gasteiger charge is 2.31. The number of nitriles is 1. The van der Waals surface area contributed by atoms with Gasteiger partial charge in [0, 0.05) is 31.5 Å². The molecule has 2 atom stereocenters. The second-order valence-electron chi connectivity index (χ2n) is 8.09. The van der Waals surface area contributed by atoms with Crippen LogP contribution in [-0.2, 0) is 7.05 Å². The Morgan fingerprint density at radius 3 is 2.79 bits per heavy atom. The molecule has 4 aromatic rings. The number of fused-ring (bicyclic) bond motifs is 1. The normalized spacial score (nSPS) is 18.1. The summed E-state index contributed by atoms with van der Waals surface area (Å²) in [4.78, 5) is 13.9. The summed E-state index contributed by atoms with van der Waals surface area (Å²) in [6.45, 7) is 0.611. The molecule has 5 rings (SSSR count). The number of aromatic nitrogens is 6. The Bertz CT molecular complexity index is 1400. The number of aryl methyl sites for hydroxylation is 1. The highest BCUT2D eigenvalue weighted by molar-refractivity contribution is 6.02. The third kappa shape index (κ3) is 3.77. The Labute approximate surface area is 193 Å². The molecular weight excluding hydrogens is 439 g/mol. The molecule has 5 heterocycles. The summed E-state index contributed by atoms with van der Waals surface area (Å²) in [7, 11) is 1.83. The minimum atomic E-state index is -1.26. The summed E-state index contributed by atoms with van der Waals surface area (Å²) < 4.78 is 18.6. The molecule has 0 aliphatic carbocycles. The van der Waals surface area contributed by atoms with E-state index in [9.17, 15) is 4.79 Å². The number of carbonyl (C=O) groups excluding carboxylic acids is 1. The third-order valence-corrected chi connectivity index (χ3v) is 5.98. The lowest BCUT2D eigenvalue weighted by atomic mass is 10.0. The van der Waals surface area contributed by atoms with Crippen LogP contribution in [0.4, 0.5) is 15.9 Å². The van der Waals surface area contributed by atoms with Gasteiger partial charge in [-0.3, -0.25) is 9.48 Å². The van der Waals surface area contributed by atoms with E-state index in [1.54, 1.807) is 32.4 Å². The van der Waals surface area contributed by atoms with Crippen LogP contribution in [0.15, 0.2) is 42.9 Å². The molecule has 0 spiro atoms. The largest absolute Gasteiger partial charge is 0.377 e. The molecular formula is C22H21FN10O. The van der Waals surface area contributed by atoms with E-state index < -0.39 is 18.1 Å². The number of hydrogen-bond donors (Lipinski definition) is 2. The van der Waals surface area contributed by atoms with Gasteiger partial charge in [0.25, 0.3) is 5.91 Å². The molecule has 0 radical (unpaired) electrons. The number of amides is 1. The molecule has 1 fully saturated rings. The molecule has 1 aliphatic heterocycles. The monoisotopic (exact) mass is 460 g/mol. The predicted molar refractivity (Wildman–Crippen MR) is 122 cm³/mol. The number of nitrogens with two attached hydrogens (primary N) is 1.